The van der Waals surface area contributed by atoms with Crippen molar-refractivity contribution < 1.29 is 9.32 Å². The maximum absolute atomic E-state index is 12.1. The number of piperidine rings is 1. The lowest BCUT2D eigenvalue weighted by Gasteiger charge is -2.26. The predicted molar refractivity (Wildman–Crippen MR) is 63.3 cm³/mol. The van der Waals surface area contributed by atoms with Crippen molar-refractivity contribution in [3.63, 3.8) is 0 Å². The first-order chi connectivity index (χ1) is 8.16. The zero-order valence-corrected chi connectivity index (χ0v) is 10.4. The van der Waals surface area contributed by atoms with Crippen LogP contribution >= 0.6 is 0 Å². The van der Waals surface area contributed by atoms with Crippen LogP contribution in [0.1, 0.15) is 24.3 Å². The van der Waals surface area contributed by atoms with Crippen molar-refractivity contribution in [1.29, 1.82) is 0 Å². The highest BCUT2D eigenvalue weighted by molar-refractivity contribution is 5.78. The first-order valence-corrected chi connectivity index (χ1v) is 6.04. The Balaban J connectivity index is 1.90. The van der Waals surface area contributed by atoms with Gasteiger partial charge in [-0.2, -0.15) is 0 Å². The van der Waals surface area contributed by atoms with Gasteiger partial charge in [-0.15, -0.1) is 0 Å². The predicted octanol–water partition coefficient (Wildman–Crippen LogP) is 0.941. The molecule has 1 amide bonds. The number of amides is 1. The molecule has 2 heterocycles. The molecule has 1 aromatic heterocycles. The molecule has 0 saturated carbocycles. The van der Waals surface area contributed by atoms with Gasteiger partial charge in [-0.25, -0.2) is 0 Å². The summed E-state index contributed by atoms with van der Waals surface area (Å²) in [5.41, 5.74) is 0.808. The molecule has 17 heavy (non-hydrogen) atoms. The summed E-state index contributed by atoms with van der Waals surface area (Å²) in [5.74, 6) is 1.08. The fourth-order valence-electron chi connectivity index (χ4n) is 2.19. The quantitative estimate of drug-likeness (QED) is 0.850. The second-order valence-electron chi connectivity index (χ2n) is 4.67. The van der Waals surface area contributed by atoms with Crippen LogP contribution in [0.25, 0.3) is 0 Å². The van der Waals surface area contributed by atoms with E-state index in [9.17, 15) is 4.79 Å². The fraction of sp³-hybridized carbons (Fsp3) is 0.667. The van der Waals surface area contributed by atoms with Crippen LogP contribution in [0.5, 0.6) is 0 Å². The molecular formula is C12H19N3O2. The summed E-state index contributed by atoms with van der Waals surface area (Å²) in [4.78, 5) is 13.9. The molecule has 1 unspecified atom stereocenters. The summed E-state index contributed by atoms with van der Waals surface area (Å²) in [5, 5.41) is 7.16. The van der Waals surface area contributed by atoms with Gasteiger partial charge in [0.05, 0.1) is 12.5 Å². The van der Waals surface area contributed by atoms with Gasteiger partial charge >= 0.3 is 0 Å². The lowest BCUT2D eigenvalue weighted by Crippen LogP contribution is -2.41. The molecule has 1 N–H and O–H groups in total. The van der Waals surface area contributed by atoms with Crippen LogP contribution in [0.4, 0.5) is 0 Å². The average molecular weight is 237 g/mol. The highest BCUT2D eigenvalue weighted by Gasteiger charge is 2.24. The Bertz CT molecular complexity index is 383. The topological polar surface area (TPSA) is 58.4 Å². The van der Waals surface area contributed by atoms with Crippen molar-refractivity contribution in [3.8, 4) is 0 Å². The van der Waals surface area contributed by atoms with E-state index in [1.807, 2.05) is 20.0 Å². The minimum atomic E-state index is 0.113. The number of carbonyl (C=O) groups excluding carboxylic acids is 1. The molecule has 2 rings (SSSR count). The number of hydrogen-bond donors (Lipinski definition) is 1. The number of aromatic nitrogens is 1. The lowest BCUT2D eigenvalue weighted by atomic mass is 9.98. The van der Waals surface area contributed by atoms with Gasteiger partial charge in [-0.1, -0.05) is 5.16 Å². The summed E-state index contributed by atoms with van der Waals surface area (Å²) in [6, 6.07) is 1.86. The molecule has 0 spiro atoms. The van der Waals surface area contributed by atoms with Crippen molar-refractivity contribution >= 4 is 5.91 Å². The molecule has 94 valence electrons. The molecule has 0 aliphatic carbocycles. The van der Waals surface area contributed by atoms with Crippen LogP contribution in [0.15, 0.2) is 10.6 Å². The Morgan fingerprint density at radius 3 is 3.12 bits per heavy atom. The molecule has 0 aromatic carbocycles. The molecule has 1 atom stereocenters. The van der Waals surface area contributed by atoms with E-state index in [4.69, 9.17) is 4.52 Å². The van der Waals surface area contributed by atoms with Crippen molar-refractivity contribution in [1.82, 2.24) is 15.4 Å². The molecule has 1 aromatic rings. The van der Waals surface area contributed by atoms with E-state index in [0.29, 0.717) is 6.54 Å². The van der Waals surface area contributed by atoms with Crippen LogP contribution in [0, 0.1) is 12.8 Å². The Kier molecular flexibility index (Phi) is 3.78. The third-order valence-corrected chi connectivity index (χ3v) is 3.10. The molecular weight excluding hydrogens is 218 g/mol. The molecule has 1 aliphatic heterocycles. The Labute approximate surface area is 101 Å². The van der Waals surface area contributed by atoms with E-state index in [0.717, 1.165) is 37.4 Å². The van der Waals surface area contributed by atoms with Crippen molar-refractivity contribution in [2.45, 2.75) is 26.3 Å². The Morgan fingerprint density at radius 2 is 2.53 bits per heavy atom. The maximum atomic E-state index is 12.1. The number of nitrogens with one attached hydrogen (secondary N) is 1. The third-order valence-electron chi connectivity index (χ3n) is 3.10. The van der Waals surface area contributed by atoms with E-state index in [2.05, 4.69) is 10.5 Å². The minimum Gasteiger partial charge on any atom is -0.361 e. The normalized spacial score (nSPS) is 20.2. The van der Waals surface area contributed by atoms with Gasteiger partial charge in [0.25, 0.3) is 0 Å². The molecule has 1 saturated heterocycles. The zero-order valence-electron chi connectivity index (χ0n) is 10.4. The van der Waals surface area contributed by atoms with E-state index in [1.165, 1.54) is 0 Å². The van der Waals surface area contributed by atoms with Gasteiger partial charge in [0.2, 0.25) is 5.91 Å². The standard InChI is InChI=1S/C12H19N3O2/c1-9-6-11(14-17-9)8-15(2)12(16)10-4-3-5-13-7-10/h6,10,13H,3-5,7-8H2,1-2H3. The van der Waals surface area contributed by atoms with Gasteiger partial charge in [-0.05, 0) is 26.3 Å². The van der Waals surface area contributed by atoms with E-state index < -0.39 is 0 Å². The van der Waals surface area contributed by atoms with Gasteiger partial charge in [0, 0.05) is 19.7 Å². The Hall–Kier alpha value is -1.36. The molecule has 5 heteroatoms. The smallest absolute Gasteiger partial charge is 0.227 e. The molecule has 0 radical (unpaired) electrons. The van der Waals surface area contributed by atoms with Crippen LogP contribution in [0.2, 0.25) is 0 Å². The molecule has 0 bridgehead atoms. The second-order valence-corrected chi connectivity index (χ2v) is 4.67. The van der Waals surface area contributed by atoms with E-state index in [1.54, 1.807) is 4.90 Å². The SMILES string of the molecule is Cc1cc(CN(C)C(=O)C2CCCNC2)no1. The highest BCUT2D eigenvalue weighted by atomic mass is 16.5. The number of nitrogens with zero attached hydrogens (tertiary/aromatic N) is 2. The average Bonchev–Trinajstić information content (AvgIpc) is 2.75. The van der Waals surface area contributed by atoms with Gasteiger partial charge in [0.15, 0.2) is 0 Å². The van der Waals surface area contributed by atoms with Crippen LogP contribution in [-0.4, -0.2) is 36.1 Å². The number of aryl methyl sites for hydroxylation is 1. The minimum absolute atomic E-state index is 0.113. The molecule has 1 fully saturated rings. The summed E-state index contributed by atoms with van der Waals surface area (Å²) in [6.45, 7) is 4.19. The van der Waals surface area contributed by atoms with E-state index >= 15 is 0 Å². The Morgan fingerprint density at radius 1 is 1.71 bits per heavy atom. The fourth-order valence-corrected chi connectivity index (χ4v) is 2.19. The van der Waals surface area contributed by atoms with Gasteiger partial charge in [0.1, 0.15) is 11.5 Å². The number of carbonyl (C=O) groups is 1. The summed E-state index contributed by atoms with van der Waals surface area (Å²) in [6.07, 6.45) is 2.06. The van der Waals surface area contributed by atoms with Crippen molar-refractivity contribution in [3.05, 3.63) is 17.5 Å². The third kappa shape index (κ3) is 3.06. The first kappa shape index (κ1) is 12.1. The summed E-state index contributed by atoms with van der Waals surface area (Å²) < 4.78 is 4.99. The number of rotatable bonds is 3. The largest absolute Gasteiger partial charge is 0.361 e. The van der Waals surface area contributed by atoms with Crippen molar-refractivity contribution in [2.75, 3.05) is 20.1 Å². The highest BCUT2D eigenvalue weighted by Crippen LogP contribution is 2.14. The van der Waals surface area contributed by atoms with Crippen LogP contribution in [-0.2, 0) is 11.3 Å². The lowest BCUT2D eigenvalue weighted by molar-refractivity contribution is -0.135. The summed E-state index contributed by atoms with van der Waals surface area (Å²) in [7, 11) is 1.82. The van der Waals surface area contributed by atoms with Gasteiger partial charge < -0.3 is 14.7 Å². The zero-order chi connectivity index (χ0) is 12.3. The number of hydrogen-bond acceptors (Lipinski definition) is 4. The second kappa shape index (κ2) is 5.31. The van der Waals surface area contributed by atoms with E-state index in [-0.39, 0.29) is 11.8 Å². The van der Waals surface area contributed by atoms with Gasteiger partial charge in [-0.3, -0.25) is 4.79 Å². The van der Waals surface area contributed by atoms with Crippen molar-refractivity contribution in [2.24, 2.45) is 5.92 Å². The monoisotopic (exact) mass is 237 g/mol. The summed E-state index contributed by atoms with van der Waals surface area (Å²) >= 11 is 0. The maximum Gasteiger partial charge on any atom is 0.227 e. The first-order valence-electron chi connectivity index (χ1n) is 6.04. The van der Waals surface area contributed by atoms with Crippen LogP contribution < -0.4 is 5.32 Å². The molecule has 1 aliphatic rings. The van der Waals surface area contributed by atoms with Crippen LogP contribution in [0.3, 0.4) is 0 Å². The molecule has 5 nitrogen and oxygen atoms in total.